The Bertz CT molecular complexity index is 2850. The summed E-state index contributed by atoms with van der Waals surface area (Å²) in [6.45, 7) is 0. The lowest BCUT2D eigenvalue weighted by molar-refractivity contribution is 0.651. The van der Waals surface area contributed by atoms with Crippen molar-refractivity contribution in [1.29, 1.82) is 0 Å². The maximum atomic E-state index is 2.47. The fourth-order valence-electron chi connectivity index (χ4n) is 9.27. The van der Waals surface area contributed by atoms with E-state index in [9.17, 15) is 0 Å². The molecule has 8 aromatic rings. The van der Waals surface area contributed by atoms with Gasteiger partial charge in [0.1, 0.15) is 0 Å². The Labute approximate surface area is 320 Å². The number of benzene rings is 7. The molecule has 0 spiro atoms. The summed E-state index contributed by atoms with van der Waals surface area (Å²) in [5.74, 6) is 1.15. The van der Waals surface area contributed by atoms with Gasteiger partial charge in [-0.3, -0.25) is 0 Å². The first-order valence-corrected chi connectivity index (χ1v) is 19.8. The van der Waals surface area contributed by atoms with Gasteiger partial charge >= 0.3 is 0 Å². The minimum absolute atomic E-state index is 0.299. The predicted octanol–water partition coefficient (Wildman–Crippen LogP) is 14.6. The van der Waals surface area contributed by atoms with Crippen LogP contribution in [0.25, 0.3) is 47.6 Å². The van der Waals surface area contributed by atoms with Gasteiger partial charge in [-0.2, -0.15) is 0 Å². The van der Waals surface area contributed by atoms with Gasteiger partial charge in [0, 0.05) is 54.7 Å². The molecule has 0 N–H and O–H groups in total. The van der Waals surface area contributed by atoms with E-state index >= 15 is 0 Å². The summed E-state index contributed by atoms with van der Waals surface area (Å²) in [4.78, 5) is 2.47. The van der Waals surface area contributed by atoms with E-state index in [1.807, 2.05) is 11.3 Å². The van der Waals surface area contributed by atoms with E-state index in [2.05, 4.69) is 199 Å². The lowest BCUT2D eigenvalue weighted by Gasteiger charge is -2.37. The second-order valence-corrected chi connectivity index (χ2v) is 15.8. The smallest absolute Gasteiger partial charge is 0.0554 e. The van der Waals surface area contributed by atoms with E-state index < -0.39 is 0 Å². The third-order valence-electron chi connectivity index (χ3n) is 11.8. The topological polar surface area (TPSA) is 3.24 Å². The fraction of sp³-hybridized carbons (Fsp3) is 0.0769. The highest BCUT2D eigenvalue weighted by Gasteiger charge is 2.34. The maximum absolute atomic E-state index is 2.47. The SMILES string of the molecule is C1=CC2C=CC3=C(c4ccccc4C(c4ccc(N(c5ccc(-c6ccccc6)cc5)c5cccc6ccc7c8ccccc8sc7c56)cc4)C3)C2C=C1. The van der Waals surface area contributed by atoms with Crippen molar-refractivity contribution < 1.29 is 0 Å². The molecular weight excluding hydrogens is 671 g/mol. The molecule has 3 aliphatic carbocycles. The summed E-state index contributed by atoms with van der Waals surface area (Å²) in [7, 11) is 0. The summed E-state index contributed by atoms with van der Waals surface area (Å²) in [5.41, 5.74) is 13.1. The first-order chi connectivity index (χ1) is 26.8. The van der Waals surface area contributed by atoms with Crippen molar-refractivity contribution in [1.82, 2.24) is 0 Å². The van der Waals surface area contributed by atoms with Crippen LogP contribution in [0.2, 0.25) is 0 Å². The molecule has 1 aromatic heterocycles. The second-order valence-electron chi connectivity index (χ2n) is 14.8. The zero-order valence-electron chi connectivity index (χ0n) is 29.8. The van der Waals surface area contributed by atoms with E-state index in [0.29, 0.717) is 17.8 Å². The zero-order chi connectivity index (χ0) is 35.6. The molecule has 0 bridgehead atoms. The summed E-state index contributed by atoms with van der Waals surface area (Å²) >= 11 is 1.90. The maximum Gasteiger partial charge on any atom is 0.0554 e. The largest absolute Gasteiger partial charge is 0.310 e. The van der Waals surface area contributed by atoms with Gasteiger partial charge in [-0.25, -0.2) is 0 Å². The molecule has 2 heteroatoms. The average Bonchev–Trinajstić information content (AvgIpc) is 3.63. The molecule has 3 unspecified atom stereocenters. The minimum Gasteiger partial charge on any atom is -0.310 e. The molecule has 0 aliphatic heterocycles. The first kappa shape index (κ1) is 31.3. The number of hydrogen-bond donors (Lipinski definition) is 0. The van der Waals surface area contributed by atoms with E-state index in [0.717, 1.165) is 17.8 Å². The molecule has 7 aromatic carbocycles. The van der Waals surface area contributed by atoms with Crippen LogP contribution in [0.15, 0.2) is 200 Å². The quantitative estimate of drug-likeness (QED) is 0.172. The molecule has 3 atom stereocenters. The summed E-state index contributed by atoms with van der Waals surface area (Å²) in [5, 5.41) is 5.19. The molecule has 54 heavy (non-hydrogen) atoms. The monoisotopic (exact) mass is 707 g/mol. The number of rotatable bonds is 5. The van der Waals surface area contributed by atoms with Crippen molar-refractivity contribution >= 4 is 64.9 Å². The number of hydrogen-bond acceptors (Lipinski definition) is 2. The zero-order valence-corrected chi connectivity index (χ0v) is 30.6. The van der Waals surface area contributed by atoms with Gasteiger partial charge in [-0.1, -0.05) is 158 Å². The normalized spacial score (nSPS) is 18.6. The number of anilines is 3. The molecule has 1 nitrogen and oxygen atoms in total. The molecular formula is C52H37NS. The lowest BCUT2D eigenvalue weighted by atomic mass is 9.67. The standard InChI is InChI=1S/C52H37NS/c1-2-11-34(12-3-1)35-23-28-40(29-24-35)53(48-19-10-14-38-27-32-46-44-17-8-9-20-49(44)54-52(46)51(38)48)41-30-25-37(26-31-41)47-33-39-22-21-36-13-4-5-15-42(36)50(39)45-18-7-6-16-43(45)47/h1-32,36,42,47H,33H2. The fourth-order valence-corrected chi connectivity index (χ4v) is 10.5. The molecule has 1 heterocycles. The Hall–Kier alpha value is -6.22. The number of fused-ring (bicyclic) bond motifs is 9. The Morgan fingerprint density at radius 3 is 2.17 bits per heavy atom. The van der Waals surface area contributed by atoms with Gasteiger partial charge in [0.25, 0.3) is 0 Å². The Kier molecular flexibility index (Phi) is 7.38. The minimum atomic E-state index is 0.299. The van der Waals surface area contributed by atoms with Crippen LogP contribution in [-0.2, 0) is 0 Å². The Morgan fingerprint density at radius 1 is 0.556 bits per heavy atom. The van der Waals surface area contributed by atoms with Crippen LogP contribution in [0.3, 0.4) is 0 Å². The van der Waals surface area contributed by atoms with Crippen LogP contribution in [0.1, 0.15) is 29.0 Å². The second kappa shape index (κ2) is 12.7. The van der Waals surface area contributed by atoms with Gasteiger partial charge in [-0.05, 0) is 87.2 Å². The van der Waals surface area contributed by atoms with Crippen molar-refractivity contribution in [2.24, 2.45) is 11.8 Å². The van der Waals surface area contributed by atoms with E-state index in [1.54, 1.807) is 0 Å². The highest BCUT2D eigenvalue weighted by atomic mass is 32.1. The van der Waals surface area contributed by atoms with E-state index in [1.165, 1.54) is 75.6 Å². The molecule has 256 valence electrons. The summed E-state index contributed by atoms with van der Waals surface area (Å²) in [6.07, 6.45) is 15.0. The average molecular weight is 708 g/mol. The van der Waals surface area contributed by atoms with Gasteiger partial charge in [-0.15, -0.1) is 11.3 Å². The molecule has 0 amide bonds. The lowest BCUT2D eigenvalue weighted by Crippen LogP contribution is -2.22. The molecule has 0 saturated carbocycles. The van der Waals surface area contributed by atoms with E-state index in [4.69, 9.17) is 0 Å². The molecule has 3 aliphatic rings. The molecule has 11 rings (SSSR count). The van der Waals surface area contributed by atoms with Crippen molar-refractivity contribution in [3.8, 4) is 11.1 Å². The van der Waals surface area contributed by atoms with Crippen LogP contribution < -0.4 is 4.90 Å². The van der Waals surface area contributed by atoms with Crippen molar-refractivity contribution in [3.63, 3.8) is 0 Å². The summed E-state index contributed by atoms with van der Waals surface area (Å²) in [6, 6.07) is 58.5. The van der Waals surface area contributed by atoms with E-state index in [-0.39, 0.29) is 0 Å². The molecule has 0 fully saturated rings. The molecule has 0 radical (unpaired) electrons. The van der Waals surface area contributed by atoms with Crippen LogP contribution >= 0.6 is 11.3 Å². The third kappa shape index (κ3) is 5.05. The van der Waals surface area contributed by atoms with Crippen LogP contribution in [0.4, 0.5) is 17.1 Å². The summed E-state index contributed by atoms with van der Waals surface area (Å²) < 4.78 is 2.66. The van der Waals surface area contributed by atoms with Crippen molar-refractivity contribution in [3.05, 3.63) is 216 Å². The number of nitrogens with zero attached hydrogens (tertiary/aromatic N) is 1. The van der Waals surface area contributed by atoms with Gasteiger partial charge in [0.15, 0.2) is 0 Å². The van der Waals surface area contributed by atoms with Gasteiger partial charge < -0.3 is 4.90 Å². The highest BCUT2D eigenvalue weighted by Crippen LogP contribution is 2.51. The predicted molar refractivity (Wildman–Crippen MR) is 231 cm³/mol. The van der Waals surface area contributed by atoms with Crippen molar-refractivity contribution in [2.75, 3.05) is 4.90 Å². The third-order valence-corrected chi connectivity index (χ3v) is 13.0. The highest BCUT2D eigenvalue weighted by molar-refractivity contribution is 7.26. The van der Waals surface area contributed by atoms with Crippen molar-refractivity contribution in [2.45, 2.75) is 12.3 Å². The van der Waals surface area contributed by atoms with Gasteiger partial charge in [0.05, 0.1) is 5.69 Å². The van der Waals surface area contributed by atoms with Crippen LogP contribution in [0, 0.1) is 11.8 Å². The number of thiophene rings is 1. The van der Waals surface area contributed by atoms with Crippen LogP contribution in [-0.4, -0.2) is 0 Å². The van der Waals surface area contributed by atoms with Crippen LogP contribution in [0.5, 0.6) is 0 Å². The Balaban J connectivity index is 1.05. The Morgan fingerprint density at radius 2 is 1.30 bits per heavy atom. The van der Waals surface area contributed by atoms with Gasteiger partial charge in [0.2, 0.25) is 0 Å². The molecule has 0 saturated heterocycles. The number of allylic oxidation sites excluding steroid dienone is 8. The first-order valence-electron chi connectivity index (χ1n) is 19.0.